The summed E-state index contributed by atoms with van der Waals surface area (Å²) >= 11 is 0. The van der Waals surface area contributed by atoms with E-state index in [1.54, 1.807) is 14.2 Å². The number of ether oxygens (including phenoxy) is 5. The summed E-state index contributed by atoms with van der Waals surface area (Å²) in [5.41, 5.74) is 3.18. The largest absolute Gasteiger partial charge is 0.493 e. The fourth-order valence-corrected chi connectivity index (χ4v) is 3.41. The van der Waals surface area contributed by atoms with Crippen LogP contribution in [0.5, 0.6) is 28.7 Å². The van der Waals surface area contributed by atoms with Gasteiger partial charge in [-0.05, 0) is 50.5 Å². The minimum Gasteiger partial charge on any atom is -0.493 e. The topological polar surface area (TPSA) is 46.2 Å². The predicted molar refractivity (Wildman–Crippen MR) is 109 cm³/mol. The number of hydrogen-bond acceptors (Lipinski definition) is 5. The number of benzene rings is 2. The molecule has 3 rings (SSSR count). The number of allylic oxidation sites excluding steroid dienone is 2. The average molecular weight is 384 g/mol. The van der Waals surface area contributed by atoms with E-state index in [4.69, 9.17) is 23.7 Å². The van der Waals surface area contributed by atoms with E-state index in [-0.39, 0.29) is 0 Å². The highest BCUT2D eigenvalue weighted by atomic mass is 16.5. The highest BCUT2D eigenvalue weighted by Gasteiger charge is 2.19. The molecule has 0 aliphatic carbocycles. The normalized spacial score (nSPS) is 14.1. The van der Waals surface area contributed by atoms with Gasteiger partial charge in [0, 0.05) is 11.1 Å². The van der Waals surface area contributed by atoms with Crippen LogP contribution in [0.4, 0.5) is 0 Å². The van der Waals surface area contributed by atoms with Crippen LogP contribution in [0.1, 0.15) is 30.5 Å². The van der Waals surface area contributed by atoms with Crippen molar-refractivity contribution in [3.63, 3.8) is 0 Å². The third kappa shape index (κ3) is 4.03. The molecule has 1 aliphatic heterocycles. The van der Waals surface area contributed by atoms with E-state index >= 15 is 0 Å². The molecule has 150 valence electrons. The van der Waals surface area contributed by atoms with Gasteiger partial charge >= 0.3 is 0 Å². The Morgan fingerprint density at radius 2 is 1.36 bits per heavy atom. The minimum absolute atomic E-state index is 0.443. The molecule has 0 fully saturated rings. The maximum absolute atomic E-state index is 6.22. The Balaban J connectivity index is 2.03. The first-order valence-electron chi connectivity index (χ1n) is 9.65. The van der Waals surface area contributed by atoms with Crippen molar-refractivity contribution < 1.29 is 23.7 Å². The van der Waals surface area contributed by atoms with Crippen molar-refractivity contribution in [2.75, 3.05) is 27.4 Å². The molecule has 2 aromatic rings. The SMILES string of the molecule is CCOc1c(OC)ccc2c1C/C=C/Cc1c(ccc(OC)c1OCC)OC2. The molecule has 0 N–H and O–H groups in total. The Hall–Kier alpha value is -2.82. The summed E-state index contributed by atoms with van der Waals surface area (Å²) in [6.45, 7) is 5.53. The van der Waals surface area contributed by atoms with Gasteiger partial charge in [-0.25, -0.2) is 0 Å². The van der Waals surface area contributed by atoms with Crippen molar-refractivity contribution in [3.05, 3.63) is 53.1 Å². The summed E-state index contributed by atoms with van der Waals surface area (Å²) in [4.78, 5) is 0. The molecule has 2 aromatic carbocycles. The molecule has 0 saturated heterocycles. The number of methoxy groups -OCH3 is 2. The molecule has 5 heteroatoms. The van der Waals surface area contributed by atoms with Crippen LogP contribution >= 0.6 is 0 Å². The van der Waals surface area contributed by atoms with Gasteiger partial charge in [0.25, 0.3) is 0 Å². The molecule has 0 unspecified atom stereocenters. The fraction of sp³-hybridized carbons (Fsp3) is 0.391. The maximum Gasteiger partial charge on any atom is 0.168 e. The summed E-state index contributed by atoms with van der Waals surface area (Å²) in [5.74, 6) is 3.81. The molecular formula is C23H28O5. The van der Waals surface area contributed by atoms with Gasteiger partial charge in [-0.3, -0.25) is 0 Å². The first-order valence-corrected chi connectivity index (χ1v) is 9.65. The van der Waals surface area contributed by atoms with Crippen LogP contribution in [0, 0.1) is 0 Å². The van der Waals surface area contributed by atoms with Crippen LogP contribution < -0.4 is 23.7 Å². The highest BCUT2D eigenvalue weighted by Crippen LogP contribution is 2.40. The van der Waals surface area contributed by atoms with Crippen molar-refractivity contribution in [2.24, 2.45) is 0 Å². The number of hydrogen-bond donors (Lipinski definition) is 0. The summed E-state index contributed by atoms with van der Waals surface area (Å²) in [5, 5.41) is 0. The summed E-state index contributed by atoms with van der Waals surface area (Å²) < 4.78 is 29.0. The van der Waals surface area contributed by atoms with Crippen LogP contribution in [0.2, 0.25) is 0 Å². The van der Waals surface area contributed by atoms with Crippen molar-refractivity contribution in [1.82, 2.24) is 0 Å². The summed E-state index contributed by atoms with van der Waals surface area (Å²) in [7, 11) is 3.32. The first kappa shape index (κ1) is 19.9. The van der Waals surface area contributed by atoms with Gasteiger partial charge in [-0.1, -0.05) is 18.2 Å². The van der Waals surface area contributed by atoms with Crippen molar-refractivity contribution in [1.29, 1.82) is 0 Å². The molecule has 0 saturated carbocycles. The lowest BCUT2D eigenvalue weighted by atomic mass is 10.0. The van der Waals surface area contributed by atoms with Gasteiger partial charge in [0.05, 0.1) is 27.4 Å². The lowest BCUT2D eigenvalue weighted by Crippen LogP contribution is -2.08. The van der Waals surface area contributed by atoms with E-state index in [1.807, 2.05) is 38.1 Å². The second-order valence-corrected chi connectivity index (χ2v) is 6.34. The van der Waals surface area contributed by atoms with E-state index in [9.17, 15) is 0 Å². The molecule has 0 spiro atoms. The molecular weight excluding hydrogens is 356 g/mol. The second-order valence-electron chi connectivity index (χ2n) is 6.34. The molecule has 1 heterocycles. The van der Waals surface area contributed by atoms with Gasteiger partial charge in [-0.2, -0.15) is 0 Å². The third-order valence-electron chi connectivity index (χ3n) is 4.71. The quantitative estimate of drug-likeness (QED) is 0.674. The Morgan fingerprint density at radius 3 is 1.96 bits per heavy atom. The second kappa shape index (κ2) is 9.40. The van der Waals surface area contributed by atoms with E-state index in [0.717, 1.165) is 51.9 Å². The predicted octanol–water partition coefficient (Wildman–Crippen LogP) is 4.74. The monoisotopic (exact) mass is 384 g/mol. The van der Waals surface area contributed by atoms with Gasteiger partial charge in [0.2, 0.25) is 0 Å². The van der Waals surface area contributed by atoms with Crippen LogP contribution in [-0.4, -0.2) is 27.4 Å². The zero-order valence-electron chi connectivity index (χ0n) is 17.0. The van der Waals surface area contributed by atoms with Gasteiger partial charge in [0.15, 0.2) is 23.0 Å². The molecule has 5 nitrogen and oxygen atoms in total. The lowest BCUT2D eigenvalue weighted by Gasteiger charge is -2.21. The van der Waals surface area contributed by atoms with Crippen molar-refractivity contribution >= 4 is 0 Å². The summed E-state index contributed by atoms with van der Waals surface area (Å²) in [6, 6.07) is 7.81. The first-order chi connectivity index (χ1) is 13.7. The standard InChI is InChI=1S/C23H28O5/c1-5-26-22-17-9-7-8-10-18-19(13-14-21(25-4)23(18)27-6-2)28-15-16(17)11-12-20(22)24-3/h7-8,11-14H,5-6,9-10,15H2,1-4H3/b8-7+. The van der Waals surface area contributed by atoms with Crippen LogP contribution in [0.3, 0.4) is 0 Å². The van der Waals surface area contributed by atoms with E-state index in [2.05, 4.69) is 12.2 Å². The fourth-order valence-electron chi connectivity index (χ4n) is 3.41. The Kier molecular flexibility index (Phi) is 6.69. The van der Waals surface area contributed by atoms with Crippen molar-refractivity contribution in [2.45, 2.75) is 33.3 Å². The molecule has 0 aromatic heterocycles. The number of rotatable bonds is 6. The van der Waals surface area contributed by atoms with Crippen LogP contribution in [0.25, 0.3) is 0 Å². The van der Waals surface area contributed by atoms with Gasteiger partial charge in [0.1, 0.15) is 12.4 Å². The molecule has 0 radical (unpaired) electrons. The highest BCUT2D eigenvalue weighted by molar-refractivity contribution is 5.56. The average Bonchev–Trinajstić information content (AvgIpc) is 2.72. The van der Waals surface area contributed by atoms with Crippen LogP contribution in [-0.2, 0) is 19.4 Å². The minimum atomic E-state index is 0.443. The van der Waals surface area contributed by atoms with Crippen LogP contribution in [0.15, 0.2) is 36.4 Å². The van der Waals surface area contributed by atoms with Crippen molar-refractivity contribution in [3.8, 4) is 28.7 Å². The zero-order valence-corrected chi connectivity index (χ0v) is 17.0. The van der Waals surface area contributed by atoms with E-state index < -0.39 is 0 Å². The summed E-state index contributed by atoms with van der Waals surface area (Å²) in [6.07, 6.45) is 5.74. The zero-order chi connectivity index (χ0) is 19.9. The Bertz CT molecular complexity index is 772. The third-order valence-corrected chi connectivity index (χ3v) is 4.71. The Labute approximate surface area is 166 Å². The van der Waals surface area contributed by atoms with E-state index in [0.29, 0.717) is 26.2 Å². The van der Waals surface area contributed by atoms with E-state index in [1.165, 1.54) is 0 Å². The smallest absolute Gasteiger partial charge is 0.168 e. The van der Waals surface area contributed by atoms with Gasteiger partial charge < -0.3 is 23.7 Å². The lowest BCUT2D eigenvalue weighted by molar-refractivity contribution is 0.281. The molecule has 0 atom stereocenters. The molecule has 28 heavy (non-hydrogen) atoms. The maximum atomic E-state index is 6.22. The number of fused-ring (bicyclic) bond motifs is 2. The molecule has 0 bridgehead atoms. The molecule has 0 amide bonds. The Morgan fingerprint density at radius 1 is 0.786 bits per heavy atom. The molecule has 1 aliphatic rings. The van der Waals surface area contributed by atoms with Gasteiger partial charge in [-0.15, -0.1) is 0 Å².